The molecule has 0 spiro atoms. The van der Waals surface area contributed by atoms with Crippen LogP contribution in [0.25, 0.3) is 0 Å². The summed E-state index contributed by atoms with van der Waals surface area (Å²) in [4.78, 5) is 2.67. The highest BCUT2D eigenvalue weighted by atomic mass is 35.5. The highest BCUT2D eigenvalue weighted by Gasteiger charge is 2.23. The monoisotopic (exact) mass is 217 g/mol. The zero-order valence-electron chi connectivity index (χ0n) is 9.64. The summed E-state index contributed by atoms with van der Waals surface area (Å²) < 4.78 is 0. The zero-order chi connectivity index (χ0) is 10.4. The van der Waals surface area contributed by atoms with Crippen molar-refractivity contribution < 1.29 is 0 Å². The predicted molar refractivity (Wildman–Crippen MR) is 64.0 cm³/mol. The molecule has 0 aromatic heterocycles. The van der Waals surface area contributed by atoms with Gasteiger partial charge in [0, 0.05) is 11.9 Å². The van der Waals surface area contributed by atoms with Crippen LogP contribution >= 0.6 is 11.6 Å². The lowest BCUT2D eigenvalue weighted by Crippen LogP contribution is -2.31. The molecule has 0 bridgehead atoms. The molecular formula is C12H24ClN. The van der Waals surface area contributed by atoms with Gasteiger partial charge in [-0.1, -0.05) is 13.8 Å². The maximum absolute atomic E-state index is 5.74. The number of likely N-dealkylation sites (tertiary alicyclic amines) is 1. The maximum atomic E-state index is 5.74. The minimum atomic E-state index is 0.828. The lowest BCUT2D eigenvalue weighted by Gasteiger charge is -2.24. The third-order valence-electron chi connectivity index (χ3n) is 3.16. The molecule has 0 aliphatic carbocycles. The van der Waals surface area contributed by atoms with E-state index in [1.54, 1.807) is 0 Å². The summed E-state index contributed by atoms with van der Waals surface area (Å²) in [5.74, 6) is 1.67. The number of nitrogens with zero attached hydrogens (tertiary/aromatic N) is 1. The molecule has 14 heavy (non-hydrogen) atoms. The lowest BCUT2D eigenvalue weighted by atomic mass is 10.1. The van der Waals surface area contributed by atoms with Crippen LogP contribution in [0.15, 0.2) is 0 Å². The van der Waals surface area contributed by atoms with Crippen LogP contribution in [0.4, 0.5) is 0 Å². The van der Waals surface area contributed by atoms with Gasteiger partial charge in [0.1, 0.15) is 0 Å². The van der Waals surface area contributed by atoms with Crippen molar-refractivity contribution in [3.05, 3.63) is 0 Å². The van der Waals surface area contributed by atoms with E-state index >= 15 is 0 Å². The second-order valence-corrected chi connectivity index (χ2v) is 5.22. The molecule has 1 nitrogen and oxygen atoms in total. The fourth-order valence-corrected chi connectivity index (χ4v) is 2.41. The average Bonchev–Trinajstić information content (AvgIpc) is 2.58. The van der Waals surface area contributed by atoms with E-state index in [0.717, 1.165) is 17.8 Å². The van der Waals surface area contributed by atoms with Gasteiger partial charge in [-0.3, -0.25) is 0 Å². The van der Waals surface area contributed by atoms with Crippen LogP contribution in [-0.2, 0) is 0 Å². The van der Waals surface area contributed by atoms with Gasteiger partial charge in [0.2, 0.25) is 0 Å². The van der Waals surface area contributed by atoms with Crippen molar-refractivity contribution in [3.8, 4) is 0 Å². The summed E-state index contributed by atoms with van der Waals surface area (Å²) >= 11 is 5.74. The van der Waals surface area contributed by atoms with Crippen molar-refractivity contribution in [2.75, 3.05) is 19.0 Å². The van der Waals surface area contributed by atoms with Gasteiger partial charge in [-0.05, 0) is 51.1 Å². The van der Waals surface area contributed by atoms with Crippen LogP contribution < -0.4 is 0 Å². The standard InChI is InChI=1S/C12H24ClN/c1-11(2)7-10-14-9-4-6-12(14)5-3-8-13/h11-12H,3-10H2,1-2H3. The van der Waals surface area contributed by atoms with E-state index in [1.165, 1.54) is 45.2 Å². The van der Waals surface area contributed by atoms with Crippen molar-refractivity contribution in [2.45, 2.75) is 52.0 Å². The normalized spacial score (nSPS) is 23.6. The quantitative estimate of drug-likeness (QED) is 0.616. The first-order chi connectivity index (χ1) is 6.74. The Labute approximate surface area is 93.8 Å². The van der Waals surface area contributed by atoms with E-state index in [1.807, 2.05) is 0 Å². The molecule has 0 radical (unpaired) electrons. The minimum Gasteiger partial charge on any atom is -0.300 e. The molecule has 1 saturated heterocycles. The van der Waals surface area contributed by atoms with Gasteiger partial charge in [0.05, 0.1) is 0 Å². The SMILES string of the molecule is CC(C)CCN1CCCC1CCCCl. The van der Waals surface area contributed by atoms with E-state index in [2.05, 4.69) is 18.7 Å². The fraction of sp³-hybridized carbons (Fsp3) is 1.00. The van der Waals surface area contributed by atoms with Gasteiger partial charge in [0.25, 0.3) is 0 Å². The summed E-state index contributed by atoms with van der Waals surface area (Å²) in [6.07, 6.45) is 6.63. The van der Waals surface area contributed by atoms with Gasteiger partial charge >= 0.3 is 0 Å². The largest absolute Gasteiger partial charge is 0.300 e. The number of hydrogen-bond donors (Lipinski definition) is 0. The lowest BCUT2D eigenvalue weighted by molar-refractivity contribution is 0.229. The van der Waals surface area contributed by atoms with Crippen LogP contribution in [0.2, 0.25) is 0 Å². The van der Waals surface area contributed by atoms with Crippen LogP contribution in [0.5, 0.6) is 0 Å². The minimum absolute atomic E-state index is 0.828. The molecule has 2 heteroatoms. The molecule has 0 amide bonds. The molecule has 0 saturated carbocycles. The summed E-state index contributed by atoms with van der Waals surface area (Å²) in [5.41, 5.74) is 0. The van der Waals surface area contributed by atoms with Gasteiger partial charge in [-0.2, -0.15) is 0 Å². The molecule has 0 N–H and O–H groups in total. The van der Waals surface area contributed by atoms with Crippen molar-refractivity contribution in [2.24, 2.45) is 5.92 Å². The first-order valence-electron chi connectivity index (χ1n) is 6.04. The first kappa shape index (κ1) is 12.3. The van der Waals surface area contributed by atoms with E-state index in [9.17, 15) is 0 Å². The molecule has 84 valence electrons. The second kappa shape index (κ2) is 6.68. The Kier molecular flexibility index (Phi) is 5.88. The van der Waals surface area contributed by atoms with Crippen molar-refractivity contribution in [3.63, 3.8) is 0 Å². The van der Waals surface area contributed by atoms with Gasteiger partial charge in [-0.25, -0.2) is 0 Å². The first-order valence-corrected chi connectivity index (χ1v) is 6.57. The van der Waals surface area contributed by atoms with Crippen molar-refractivity contribution in [1.29, 1.82) is 0 Å². The second-order valence-electron chi connectivity index (χ2n) is 4.85. The van der Waals surface area contributed by atoms with E-state index in [-0.39, 0.29) is 0 Å². The smallest absolute Gasteiger partial charge is 0.0224 e. The Balaban J connectivity index is 2.21. The highest BCUT2D eigenvalue weighted by Crippen LogP contribution is 2.22. The molecule has 0 aromatic carbocycles. The summed E-state index contributed by atoms with van der Waals surface area (Å²) in [7, 11) is 0. The molecule has 1 heterocycles. The van der Waals surface area contributed by atoms with Gasteiger partial charge < -0.3 is 4.90 Å². The van der Waals surface area contributed by atoms with Gasteiger partial charge in [0.15, 0.2) is 0 Å². The van der Waals surface area contributed by atoms with E-state index in [4.69, 9.17) is 11.6 Å². The number of alkyl halides is 1. The molecule has 0 aromatic rings. The Bertz CT molecular complexity index is 147. The Morgan fingerprint density at radius 1 is 1.43 bits per heavy atom. The summed E-state index contributed by atoms with van der Waals surface area (Å²) in [6.45, 7) is 7.23. The number of hydrogen-bond acceptors (Lipinski definition) is 1. The zero-order valence-corrected chi connectivity index (χ0v) is 10.4. The molecule has 1 rings (SSSR count). The third kappa shape index (κ3) is 4.18. The molecule has 1 aliphatic rings. The van der Waals surface area contributed by atoms with Crippen LogP contribution in [0.1, 0.15) is 46.0 Å². The van der Waals surface area contributed by atoms with Crippen LogP contribution in [0, 0.1) is 5.92 Å². The number of halogens is 1. The van der Waals surface area contributed by atoms with E-state index < -0.39 is 0 Å². The maximum Gasteiger partial charge on any atom is 0.0224 e. The predicted octanol–water partition coefficient (Wildman–Crippen LogP) is 3.52. The Morgan fingerprint density at radius 2 is 2.21 bits per heavy atom. The molecular weight excluding hydrogens is 194 g/mol. The summed E-state index contributed by atoms with van der Waals surface area (Å²) in [5, 5.41) is 0. The molecule has 1 aliphatic heterocycles. The molecule has 1 unspecified atom stereocenters. The van der Waals surface area contributed by atoms with Crippen LogP contribution in [0.3, 0.4) is 0 Å². The number of rotatable bonds is 6. The van der Waals surface area contributed by atoms with E-state index in [0.29, 0.717) is 0 Å². The molecule has 1 atom stereocenters. The summed E-state index contributed by atoms with van der Waals surface area (Å²) in [6, 6.07) is 0.840. The average molecular weight is 218 g/mol. The Morgan fingerprint density at radius 3 is 2.86 bits per heavy atom. The van der Waals surface area contributed by atoms with Crippen molar-refractivity contribution in [1.82, 2.24) is 4.90 Å². The highest BCUT2D eigenvalue weighted by molar-refractivity contribution is 6.17. The Hall–Kier alpha value is 0.250. The van der Waals surface area contributed by atoms with Crippen LogP contribution in [-0.4, -0.2) is 29.9 Å². The third-order valence-corrected chi connectivity index (χ3v) is 3.43. The van der Waals surface area contributed by atoms with Gasteiger partial charge in [-0.15, -0.1) is 11.6 Å². The van der Waals surface area contributed by atoms with Crippen molar-refractivity contribution >= 4 is 11.6 Å². The topological polar surface area (TPSA) is 3.24 Å². The fourth-order valence-electron chi connectivity index (χ4n) is 2.25. The molecule has 1 fully saturated rings.